The van der Waals surface area contributed by atoms with Crippen molar-refractivity contribution in [1.82, 2.24) is 10.2 Å². The molecule has 1 N–H and O–H groups in total. The fourth-order valence-electron chi connectivity index (χ4n) is 4.01. The van der Waals surface area contributed by atoms with Gasteiger partial charge in [-0.1, -0.05) is 31.2 Å². The molecule has 2 aliphatic rings. The number of benzene rings is 1. The maximum absolute atomic E-state index is 5.53. The lowest BCUT2D eigenvalue weighted by Gasteiger charge is -2.44. The van der Waals surface area contributed by atoms with E-state index in [9.17, 15) is 0 Å². The molecule has 1 aromatic rings. The Bertz CT molecular complexity index is 456. The van der Waals surface area contributed by atoms with Gasteiger partial charge in [-0.2, -0.15) is 0 Å². The molecule has 1 aliphatic heterocycles. The summed E-state index contributed by atoms with van der Waals surface area (Å²) < 4.78 is 5.53. The van der Waals surface area contributed by atoms with Crippen LogP contribution in [0.3, 0.4) is 0 Å². The molecule has 2 unspecified atom stereocenters. The molecule has 1 fully saturated rings. The summed E-state index contributed by atoms with van der Waals surface area (Å²) in [7, 11) is 2.32. The van der Waals surface area contributed by atoms with Crippen LogP contribution in [-0.2, 0) is 11.2 Å². The molecule has 1 aromatic carbocycles. The van der Waals surface area contributed by atoms with E-state index in [-0.39, 0.29) is 0 Å². The molecule has 1 saturated heterocycles. The van der Waals surface area contributed by atoms with Crippen LogP contribution in [0.25, 0.3) is 0 Å². The maximum atomic E-state index is 5.53. The topological polar surface area (TPSA) is 24.5 Å². The molecular weight excluding hydrogens is 260 g/mol. The van der Waals surface area contributed by atoms with Gasteiger partial charge in [0.25, 0.3) is 0 Å². The summed E-state index contributed by atoms with van der Waals surface area (Å²) in [6.45, 7) is 5.08. The van der Waals surface area contributed by atoms with Gasteiger partial charge in [0, 0.05) is 31.3 Å². The van der Waals surface area contributed by atoms with Gasteiger partial charge in [0.15, 0.2) is 0 Å². The first-order valence-corrected chi connectivity index (χ1v) is 8.42. The predicted octanol–water partition coefficient (Wildman–Crippen LogP) is 2.76. The first-order valence-electron chi connectivity index (χ1n) is 8.42. The minimum atomic E-state index is 0.466. The number of aryl methyl sites for hydroxylation is 1. The Morgan fingerprint density at radius 1 is 1.19 bits per heavy atom. The molecule has 0 bridgehead atoms. The van der Waals surface area contributed by atoms with Gasteiger partial charge in [-0.25, -0.2) is 0 Å². The molecule has 0 saturated carbocycles. The van der Waals surface area contributed by atoms with E-state index >= 15 is 0 Å². The van der Waals surface area contributed by atoms with Crippen LogP contribution in [0.15, 0.2) is 24.3 Å². The summed E-state index contributed by atoms with van der Waals surface area (Å²) in [4.78, 5) is 2.63. The van der Waals surface area contributed by atoms with Crippen LogP contribution in [0.1, 0.15) is 43.4 Å². The molecule has 2 atom stereocenters. The van der Waals surface area contributed by atoms with Crippen LogP contribution < -0.4 is 5.32 Å². The van der Waals surface area contributed by atoms with E-state index in [4.69, 9.17) is 4.74 Å². The van der Waals surface area contributed by atoms with Crippen molar-refractivity contribution in [1.29, 1.82) is 0 Å². The number of fused-ring (bicyclic) bond motifs is 1. The lowest BCUT2D eigenvalue weighted by Crippen LogP contribution is -2.50. The highest BCUT2D eigenvalue weighted by molar-refractivity contribution is 5.34. The van der Waals surface area contributed by atoms with Crippen molar-refractivity contribution < 1.29 is 4.74 Å². The van der Waals surface area contributed by atoms with E-state index in [0.717, 1.165) is 19.8 Å². The molecule has 1 heterocycles. The second-order valence-corrected chi connectivity index (χ2v) is 6.35. The lowest BCUT2D eigenvalue weighted by atomic mass is 9.82. The average Bonchev–Trinajstić information content (AvgIpc) is 2.55. The largest absolute Gasteiger partial charge is 0.381 e. The Hall–Kier alpha value is -0.900. The number of likely N-dealkylation sites (N-methyl/N-ethyl adjacent to an activating group) is 2. The highest BCUT2D eigenvalue weighted by Gasteiger charge is 2.34. The zero-order valence-corrected chi connectivity index (χ0v) is 13.3. The number of nitrogens with one attached hydrogen (secondary N) is 1. The minimum Gasteiger partial charge on any atom is -0.381 e. The third-order valence-electron chi connectivity index (χ3n) is 5.20. The smallest absolute Gasteiger partial charge is 0.0480 e. The lowest BCUT2D eigenvalue weighted by molar-refractivity contribution is 0.0182. The Kier molecular flexibility index (Phi) is 4.94. The zero-order valence-electron chi connectivity index (χ0n) is 13.3. The van der Waals surface area contributed by atoms with Gasteiger partial charge in [0.05, 0.1) is 0 Å². The van der Waals surface area contributed by atoms with Gasteiger partial charge in [-0.05, 0) is 50.4 Å². The summed E-state index contributed by atoms with van der Waals surface area (Å²) in [6.07, 6.45) is 4.81. The fourth-order valence-corrected chi connectivity index (χ4v) is 4.01. The van der Waals surface area contributed by atoms with Gasteiger partial charge in [-0.15, -0.1) is 0 Å². The number of ether oxygens (including phenoxy) is 1. The minimum absolute atomic E-state index is 0.466. The maximum Gasteiger partial charge on any atom is 0.0480 e. The Balaban J connectivity index is 1.80. The number of rotatable bonds is 4. The molecule has 0 amide bonds. The van der Waals surface area contributed by atoms with Crippen LogP contribution in [0.4, 0.5) is 0 Å². The SMILES string of the molecule is CCNC1c2ccccc2CCC1N(C)C1CCOCC1. The molecule has 116 valence electrons. The summed E-state index contributed by atoms with van der Waals surface area (Å²) >= 11 is 0. The standard InChI is InChI=1S/C18H28N2O/c1-3-19-18-16-7-5-4-6-14(16)8-9-17(18)20(2)15-10-12-21-13-11-15/h4-7,15,17-19H,3,8-13H2,1-2H3. The fraction of sp³-hybridized carbons (Fsp3) is 0.667. The molecule has 3 nitrogen and oxygen atoms in total. The molecule has 0 radical (unpaired) electrons. The summed E-state index contributed by atoms with van der Waals surface area (Å²) in [6, 6.07) is 10.7. The van der Waals surface area contributed by atoms with Crippen LogP contribution >= 0.6 is 0 Å². The number of hydrogen-bond donors (Lipinski definition) is 1. The zero-order chi connectivity index (χ0) is 14.7. The number of nitrogens with zero attached hydrogens (tertiary/aromatic N) is 1. The van der Waals surface area contributed by atoms with Crippen LogP contribution in [-0.4, -0.2) is 43.8 Å². The normalized spacial score (nSPS) is 26.8. The average molecular weight is 288 g/mol. The van der Waals surface area contributed by atoms with Crippen molar-refractivity contribution in [3.8, 4) is 0 Å². The molecule has 1 aliphatic carbocycles. The summed E-state index contributed by atoms with van der Waals surface area (Å²) in [5.41, 5.74) is 3.04. The highest BCUT2D eigenvalue weighted by atomic mass is 16.5. The van der Waals surface area contributed by atoms with Crippen molar-refractivity contribution in [3.63, 3.8) is 0 Å². The van der Waals surface area contributed by atoms with E-state index < -0.39 is 0 Å². The molecular formula is C18H28N2O. The van der Waals surface area contributed by atoms with Gasteiger partial charge in [0.1, 0.15) is 0 Å². The molecule has 0 aromatic heterocycles. The summed E-state index contributed by atoms with van der Waals surface area (Å²) in [5, 5.41) is 3.74. The predicted molar refractivity (Wildman–Crippen MR) is 86.6 cm³/mol. The van der Waals surface area contributed by atoms with Crippen molar-refractivity contribution in [2.75, 3.05) is 26.8 Å². The third-order valence-corrected chi connectivity index (χ3v) is 5.20. The quantitative estimate of drug-likeness (QED) is 0.922. The van der Waals surface area contributed by atoms with Crippen LogP contribution in [0.5, 0.6) is 0 Å². The number of hydrogen-bond acceptors (Lipinski definition) is 3. The molecule has 0 spiro atoms. The molecule has 3 rings (SSSR count). The van der Waals surface area contributed by atoms with Gasteiger partial charge < -0.3 is 10.1 Å². The van der Waals surface area contributed by atoms with Crippen molar-refractivity contribution in [3.05, 3.63) is 35.4 Å². The van der Waals surface area contributed by atoms with E-state index in [1.165, 1.54) is 36.8 Å². The van der Waals surface area contributed by atoms with Gasteiger partial charge in [-0.3, -0.25) is 4.90 Å². The van der Waals surface area contributed by atoms with Gasteiger partial charge >= 0.3 is 0 Å². The first kappa shape index (κ1) is 15.0. The molecule has 21 heavy (non-hydrogen) atoms. The van der Waals surface area contributed by atoms with Crippen LogP contribution in [0.2, 0.25) is 0 Å². The Morgan fingerprint density at radius 3 is 2.71 bits per heavy atom. The first-order chi connectivity index (χ1) is 10.3. The summed E-state index contributed by atoms with van der Waals surface area (Å²) in [5.74, 6) is 0. The third kappa shape index (κ3) is 3.15. The second-order valence-electron chi connectivity index (χ2n) is 6.35. The monoisotopic (exact) mass is 288 g/mol. The molecule has 3 heteroatoms. The van der Waals surface area contributed by atoms with Gasteiger partial charge in [0.2, 0.25) is 0 Å². The van der Waals surface area contributed by atoms with Crippen LogP contribution in [0, 0.1) is 0 Å². The van der Waals surface area contributed by atoms with E-state index in [1.807, 2.05) is 0 Å². The van der Waals surface area contributed by atoms with Crippen molar-refractivity contribution >= 4 is 0 Å². The Morgan fingerprint density at radius 2 is 1.95 bits per heavy atom. The van der Waals surface area contributed by atoms with Crippen molar-refractivity contribution in [2.24, 2.45) is 0 Å². The van der Waals surface area contributed by atoms with E-state index in [2.05, 4.69) is 48.5 Å². The highest BCUT2D eigenvalue weighted by Crippen LogP contribution is 2.34. The second kappa shape index (κ2) is 6.91. The van der Waals surface area contributed by atoms with Crippen molar-refractivity contribution in [2.45, 2.75) is 50.7 Å². The Labute approximate surface area is 128 Å². The van der Waals surface area contributed by atoms with E-state index in [1.54, 1.807) is 0 Å². The van der Waals surface area contributed by atoms with E-state index in [0.29, 0.717) is 18.1 Å².